The van der Waals surface area contributed by atoms with E-state index in [1.807, 2.05) is 24.3 Å². The third-order valence-electron chi connectivity index (χ3n) is 7.03. The first-order valence-electron chi connectivity index (χ1n) is 14.5. The Bertz CT molecular complexity index is 1570. The van der Waals surface area contributed by atoms with Crippen molar-refractivity contribution in [3.63, 3.8) is 0 Å². The highest BCUT2D eigenvalue weighted by molar-refractivity contribution is 9.10. The molecule has 248 valence electrons. The summed E-state index contributed by atoms with van der Waals surface area (Å²) in [6.45, 7) is 6.30. The van der Waals surface area contributed by atoms with Crippen LogP contribution in [-0.2, 0) is 20.4 Å². The predicted molar refractivity (Wildman–Crippen MR) is 173 cm³/mol. The van der Waals surface area contributed by atoms with Crippen LogP contribution < -0.4 is 15.4 Å². The number of methoxy groups -OCH3 is 1. The van der Waals surface area contributed by atoms with Gasteiger partial charge in [0.05, 0.1) is 27.7 Å². The number of alkyl halides is 3. The molecule has 0 atom stereocenters. The van der Waals surface area contributed by atoms with Crippen molar-refractivity contribution in [1.29, 1.82) is 0 Å². The second kappa shape index (κ2) is 14.8. The van der Waals surface area contributed by atoms with Crippen molar-refractivity contribution >= 4 is 56.6 Å². The molecule has 2 aromatic carbocycles. The van der Waals surface area contributed by atoms with Crippen LogP contribution in [0.4, 0.5) is 29.3 Å². The molecular weight excluding hydrogens is 691 g/mol. The number of carbonyl (C=O) groups is 3. The third kappa shape index (κ3) is 9.15. The van der Waals surface area contributed by atoms with Crippen molar-refractivity contribution in [2.24, 2.45) is 5.92 Å². The van der Waals surface area contributed by atoms with Crippen molar-refractivity contribution < 1.29 is 41.8 Å². The number of hydrogen-bond donors (Lipinski definition) is 2. The number of esters is 2. The fourth-order valence-corrected chi connectivity index (χ4v) is 6.81. The van der Waals surface area contributed by atoms with Crippen LogP contribution in [0.15, 0.2) is 53.0 Å². The molecule has 2 amide bonds. The number of carbonyl (C=O) groups excluding carboxylic acids is 3. The van der Waals surface area contributed by atoms with E-state index in [-0.39, 0.29) is 28.8 Å². The van der Waals surface area contributed by atoms with Gasteiger partial charge in [-0.15, -0.1) is 11.3 Å². The Morgan fingerprint density at radius 2 is 1.74 bits per heavy atom. The molecule has 1 aliphatic heterocycles. The molecule has 2 heterocycles. The maximum absolute atomic E-state index is 13.3. The summed E-state index contributed by atoms with van der Waals surface area (Å²) in [5.74, 6) is -0.751. The third-order valence-corrected chi connectivity index (χ3v) is 9.25. The minimum Gasteiger partial charge on any atom is -0.479 e. The summed E-state index contributed by atoms with van der Waals surface area (Å²) in [6, 6.07) is 12.0. The number of ether oxygens (including phenoxy) is 3. The molecule has 1 fully saturated rings. The van der Waals surface area contributed by atoms with Gasteiger partial charge >= 0.3 is 24.1 Å². The molecule has 1 saturated heterocycles. The number of likely N-dealkylation sites (tertiary alicyclic amines) is 1. The number of rotatable bonds is 9. The summed E-state index contributed by atoms with van der Waals surface area (Å²) in [7, 11) is 1.27. The van der Waals surface area contributed by atoms with Gasteiger partial charge in [-0.05, 0) is 85.3 Å². The van der Waals surface area contributed by atoms with Crippen LogP contribution in [-0.4, -0.2) is 61.8 Å². The zero-order chi connectivity index (χ0) is 33.6. The highest BCUT2D eigenvalue weighted by Gasteiger charge is 2.34. The normalized spacial score (nSPS) is 14.0. The minimum absolute atomic E-state index is 0.189. The molecular formula is C32H35BrF3N3O6S. The first-order chi connectivity index (χ1) is 21.7. The minimum atomic E-state index is -4.57. The van der Waals surface area contributed by atoms with E-state index in [1.165, 1.54) is 41.5 Å². The topological polar surface area (TPSA) is 106 Å². The Kier molecular flexibility index (Phi) is 11.3. The largest absolute Gasteiger partial charge is 0.479 e. The predicted octanol–water partition coefficient (Wildman–Crippen LogP) is 8.06. The number of urea groups is 1. The van der Waals surface area contributed by atoms with Crippen LogP contribution in [0.3, 0.4) is 0 Å². The number of hydrogen-bond acceptors (Lipinski definition) is 8. The van der Waals surface area contributed by atoms with E-state index in [0.717, 1.165) is 17.3 Å². The average molecular weight is 727 g/mol. The van der Waals surface area contributed by atoms with Gasteiger partial charge in [0.25, 0.3) is 0 Å². The second-order valence-corrected chi connectivity index (χ2v) is 13.4. The molecule has 1 aromatic heterocycles. The van der Waals surface area contributed by atoms with Gasteiger partial charge in [0.2, 0.25) is 0 Å². The van der Waals surface area contributed by atoms with Gasteiger partial charge in [-0.3, -0.25) is 0 Å². The molecule has 0 unspecified atom stereocenters. The van der Waals surface area contributed by atoms with Crippen molar-refractivity contribution in [2.75, 3.05) is 44.0 Å². The van der Waals surface area contributed by atoms with Crippen LogP contribution >= 0.6 is 27.3 Å². The quantitative estimate of drug-likeness (QED) is 0.215. The summed E-state index contributed by atoms with van der Waals surface area (Å²) in [5.41, 5.74) is -0.206. The van der Waals surface area contributed by atoms with Crippen molar-refractivity contribution in [1.82, 2.24) is 4.90 Å². The lowest BCUT2D eigenvalue weighted by Crippen LogP contribution is -2.42. The second-order valence-electron chi connectivity index (χ2n) is 11.6. The van der Waals surface area contributed by atoms with E-state index in [0.29, 0.717) is 41.8 Å². The van der Waals surface area contributed by atoms with Crippen LogP contribution in [0, 0.1) is 5.92 Å². The van der Waals surface area contributed by atoms with E-state index in [1.54, 1.807) is 20.8 Å². The zero-order valence-electron chi connectivity index (χ0n) is 25.8. The lowest BCUT2D eigenvalue weighted by Gasteiger charge is -2.32. The maximum atomic E-state index is 13.3. The molecule has 1 aliphatic rings. The molecule has 2 N–H and O–H groups in total. The first kappa shape index (κ1) is 35.1. The monoisotopic (exact) mass is 725 g/mol. The Balaban J connectivity index is 1.37. The van der Waals surface area contributed by atoms with Gasteiger partial charge in [-0.25, -0.2) is 14.4 Å². The Morgan fingerprint density at radius 3 is 2.39 bits per heavy atom. The van der Waals surface area contributed by atoms with Gasteiger partial charge in [-0.2, -0.15) is 13.2 Å². The average Bonchev–Trinajstić information content (AvgIpc) is 3.33. The number of halogens is 4. The van der Waals surface area contributed by atoms with E-state index in [9.17, 15) is 27.6 Å². The van der Waals surface area contributed by atoms with Crippen LogP contribution in [0.2, 0.25) is 0 Å². The van der Waals surface area contributed by atoms with Gasteiger partial charge in [0.1, 0.15) is 5.60 Å². The summed E-state index contributed by atoms with van der Waals surface area (Å²) < 4.78 is 56.4. The highest BCUT2D eigenvalue weighted by Crippen LogP contribution is 2.46. The number of benzene rings is 2. The van der Waals surface area contributed by atoms with E-state index < -0.39 is 35.3 Å². The van der Waals surface area contributed by atoms with Crippen molar-refractivity contribution in [3.05, 3.63) is 63.4 Å². The molecule has 0 radical (unpaired) electrons. The first-order valence-corrected chi connectivity index (χ1v) is 16.1. The number of nitrogens with zero attached hydrogens (tertiary/aromatic N) is 1. The summed E-state index contributed by atoms with van der Waals surface area (Å²) in [5, 5.41) is 5.84. The fraction of sp³-hybridized carbons (Fsp3) is 0.406. The van der Waals surface area contributed by atoms with Crippen molar-refractivity contribution in [3.8, 4) is 16.2 Å². The SMILES string of the molecule is COC(=O)c1sc(-c2cccc(NCC3CCN(C(=O)Nc4ccccc4C(F)(F)F)CC3)c2)c(Br)c1OCC(=O)OC(C)(C)C. The Labute approximate surface area is 277 Å². The molecule has 4 rings (SSSR count). The lowest BCUT2D eigenvalue weighted by molar-refractivity contribution is -0.157. The van der Waals surface area contributed by atoms with Gasteiger partial charge in [0, 0.05) is 25.3 Å². The Morgan fingerprint density at radius 1 is 1.04 bits per heavy atom. The fourth-order valence-electron chi connectivity index (χ4n) is 4.85. The summed E-state index contributed by atoms with van der Waals surface area (Å²) in [4.78, 5) is 39.9. The van der Waals surface area contributed by atoms with Crippen molar-refractivity contribution in [2.45, 2.75) is 45.4 Å². The molecule has 0 saturated carbocycles. The van der Waals surface area contributed by atoms with E-state index in [2.05, 4.69) is 26.6 Å². The molecule has 14 heteroatoms. The van der Waals surface area contributed by atoms with Crippen LogP contribution in [0.5, 0.6) is 5.75 Å². The molecule has 0 aliphatic carbocycles. The smallest absolute Gasteiger partial charge is 0.418 e. The lowest BCUT2D eigenvalue weighted by atomic mass is 9.97. The van der Waals surface area contributed by atoms with Crippen LogP contribution in [0.25, 0.3) is 10.4 Å². The van der Waals surface area contributed by atoms with Gasteiger partial charge < -0.3 is 29.7 Å². The van der Waals surface area contributed by atoms with Gasteiger partial charge in [0.15, 0.2) is 17.2 Å². The Hall–Kier alpha value is -3.78. The highest BCUT2D eigenvalue weighted by atomic mass is 79.9. The summed E-state index contributed by atoms with van der Waals surface area (Å²) >= 11 is 4.70. The standard InChI is InChI=1S/C32H35BrF3N3O6S/c1-31(2,3)45-24(40)18-44-26-25(33)27(46-28(26)29(41)43-4)20-8-7-9-21(16-20)37-17-19-12-14-39(15-13-19)30(42)38-23-11-6-5-10-22(23)32(34,35)36/h5-11,16,19,37H,12-15,17-18H2,1-4H3,(H,38,42). The molecule has 9 nitrogen and oxygen atoms in total. The number of para-hydroxylation sites is 1. The molecule has 0 spiro atoms. The number of nitrogens with one attached hydrogen (secondary N) is 2. The number of anilines is 2. The number of piperidine rings is 1. The van der Waals surface area contributed by atoms with Gasteiger partial charge in [-0.1, -0.05) is 24.3 Å². The summed E-state index contributed by atoms with van der Waals surface area (Å²) in [6.07, 6.45) is -3.21. The number of amides is 2. The van der Waals surface area contributed by atoms with E-state index >= 15 is 0 Å². The van der Waals surface area contributed by atoms with E-state index in [4.69, 9.17) is 14.2 Å². The molecule has 46 heavy (non-hydrogen) atoms. The molecule has 3 aromatic rings. The van der Waals surface area contributed by atoms with Crippen LogP contribution in [0.1, 0.15) is 48.8 Å². The zero-order valence-corrected chi connectivity index (χ0v) is 28.2. The molecule has 0 bridgehead atoms. The maximum Gasteiger partial charge on any atom is 0.418 e. The number of thiophene rings is 1.